The molecule has 0 saturated carbocycles. The third-order valence-electron chi connectivity index (χ3n) is 6.03. The molecule has 0 spiro atoms. The van der Waals surface area contributed by atoms with E-state index in [4.69, 9.17) is 0 Å². The van der Waals surface area contributed by atoms with Crippen LogP contribution in [0.3, 0.4) is 0 Å². The number of benzene rings is 5. The molecule has 31 heavy (non-hydrogen) atoms. The lowest BCUT2D eigenvalue weighted by atomic mass is 9.89. The minimum atomic E-state index is -3.53. The van der Waals surface area contributed by atoms with Gasteiger partial charge in [0, 0.05) is 0 Å². The van der Waals surface area contributed by atoms with Gasteiger partial charge in [-0.05, 0) is 94.0 Å². The van der Waals surface area contributed by atoms with Crippen LogP contribution in [0.15, 0.2) is 107 Å². The number of hydrogen-bond donors (Lipinski definition) is 0. The molecule has 3 heteroatoms. The summed E-state index contributed by atoms with van der Waals surface area (Å²) in [7, 11) is -3.53. The highest BCUT2D eigenvalue weighted by Gasteiger charge is 2.18. The van der Waals surface area contributed by atoms with Crippen molar-refractivity contribution in [1.82, 2.24) is 0 Å². The first-order valence-electron chi connectivity index (χ1n) is 10.3. The van der Waals surface area contributed by atoms with Gasteiger partial charge in [-0.1, -0.05) is 60.7 Å². The maximum Gasteiger partial charge on any atom is 0.206 e. The molecule has 5 rings (SSSR count). The van der Waals surface area contributed by atoms with Crippen molar-refractivity contribution in [2.24, 2.45) is 0 Å². The predicted molar refractivity (Wildman–Crippen MR) is 128 cm³/mol. The highest BCUT2D eigenvalue weighted by atomic mass is 32.2. The molecule has 0 aromatic heterocycles. The average Bonchev–Trinajstić information content (AvgIpc) is 2.79. The molecule has 0 heterocycles. The van der Waals surface area contributed by atoms with Gasteiger partial charge in [0.15, 0.2) is 0 Å². The zero-order chi connectivity index (χ0) is 21.6. The minimum Gasteiger partial charge on any atom is -0.219 e. The molecule has 0 aliphatic rings. The summed E-state index contributed by atoms with van der Waals surface area (Å²) in [5.41, 5.74) is 4.61. The fourth-order valence-corrected chi connectivity index (χ4v) is 5.52. The van der Waals surface area contributed by atoms with E-state index in [1.165, 1.54) is 32.7 Å². The predicted octanol–water partition coefficient (Wildman–Crippen LogP) is 7.11. The van der Waals surface area contributed by atoms with Gasteiger partial charge in [-0.25, -0.2) is 8.42 Å². The molecule has 2 nitrogen and oxygen atoms in total. The maximum atomic E-state index is 13.0. The molecule has 0 fully saturated rings. The molecule has 0 aliphatic carbocycles. The average molecular weight is 423 g/mol. The molecule has 0 aliphatic heterocycles. The maximum absolute atomic E-state index is 13.0. The van der Waals surface area contributed by atoms with Crippen LogP contribution in [0.2, 0.25) is 0 Å². The van der Waals surface area contributed by atoms with Gasteiger partial charge in [0.05, 0.1) is 9.79 Å². The van der Waals surface area contributed by atoms with Crippen LogP contribution in [-0.2, 0) is 9.84 Å². The molecular weight excluding hydrogens is 400 g/mol. The zero-order valence-corrected chi connectivity index (χ0v) is 18.3. The van der Waals surface area contributed by atoms with Crippen LogP contribution >= 0.6 is 0 Å². The van der Waals surface area contributed by atoms with Gasteiger partial charge in [0.2, 0.25) is 9.84 Å². The summed E-state index contributed by atoms with van der Waals surface area (Å²) in [6, 6.07) is 30.9. The first-order valence-corrected chi connectivity index (χ1v) is 11.8. The Hall–Kier alpha value is -3.43. The van der Waals surface area contributed by atoms with Crippen molar-refractivity contribution >= 4 is 31.4 Å². The van der Waals surface area contributed by atoms with Gasteiger partial charge < -0.3 is 0 Å². The van der Waals surface area contributed by atoms with Crippen molar-refractivity contribution in [3.05, 3.63) is 108 Å². The van der Waals surface area contributed by atoms with E-state index >= 15 is 0 Å². The Morgan fingerprint density at radius 3 is 1.84 bits per heavy atom. The van der Waals surface area contributed by atoms with Gasteiger partial charge in [0.25, 0.3) is 0 Å². The van der Waals surface area contributed by atoms with E-state index in [9.17, 15) is 8.42 Å². The Morgan fingerprint density at radius 2 is 1.16 bits per heavy atom. The van der Waals surface area contributed by atoms with Crippen LogP contribution < -0.4 is 0 Å². The van der Waals surface area contributed by atoms with Crippen LogP contribution in [0.4, 0.5) is 0 Å². The van der Waals surface area contributed by atoms with Crippen LogP contribution in [0.25, 0.3) is 32.7 Å². The van der Waals surface area contributed by atoms with Crippen LogP contribution in [0.1, 0.15) is 11.1 Å². The lowest BCUT2D eigenvalue weighted by molar-refractivity contribution is 0.596. The summed E-state index contributed by atoms with van der Waals surface area (Å²) in [6.45, 7) is 4.26. The lowest BCUT2D eigenvalue weighted by Crippen LogP contribution is -2.01. The highest BCUT2D eigenvalue weighted by molar-refractivity contribution is 7.91. The van der Waals surface area contributed by atoms with E-state index in [0.29, 0.717) is 9.79 Å². The van der Waals surface area contributed by atoms with Crippen molar-refractivity contribution in [3.63, 3.8) is 0 Å². The van der Waals surface area contributed by atoms with Gasteiger partial charge in [0.1, 0.15) is 0 Å². The molecule has 152 valence electrons. The molecule has 5 aromatic carbocycles. The first kappa shape index (κ1) is 19.5. The van der Waals surface area contributed by atoms with Crippen molar-refractivity contribution in [2.45, 2.75) is 23.6 Å². The quantitative estimate of drug-likeness (QED) is 0.290. The summed E-state index contributed by atoms with van der Waals surface area (Å²) in [4.78, 5) is 0.619. The number of hydrogen-bond acceptors (Lipinski definition) is 2. The normalized spacial score (nSPS) is 11.8. The van der Waals surface area contributed by atoms with E-state index in [0.717, 1.165) is 11.1 Å². The monoisotopic (exact) mass is 422 g/mol. The molecule has 0 atom stereocenters. The third-order valence-corrected chi connectivity index (χ3v) is 7.82. The molecule has 0 unspecified atom stereocenters. The van der Waals surface area contributed by atoms with E-state index < -0.39 is 9.84 Å². The van der Waals surface area contributed by atoms with Crippen molar-refractivity contribution in [2.75, 3.05) is 0 Å². The second-order valence-corrected chi connectivity index (χ2v) is 9.90. The van der Waals surface area contributed by atoms with Crippen molar-refractivity contribution in [3.8, 4) is 11.1 Å². The fourth-order valence-electron chi connectivity index (χ4n) is 4.24. The number of aryl methyl sites for hydroxylation is 1. The van der Waals surface area contributed by atoms with Crippen LogP contribution in [0.5, 0.6) is 0 Å². The number of rotatable bonds is 3. The van der Waals surface area contributed by atoms with Crippen LogP contribution in [0, 0.1) is 13.8 Å². The topological polar surface area (TPSA) is 34.1 Å². The Labute approximate surface area is 182 Å². The summed E-state index contributed by atoms with van der Waals surface area (Å²) in [6.07, 6.45) is 0. The summed E-state index contributed by atoms with van der Waals surface area (Å²) >= 11 is 0. The van der Waals surface area contributed by atoms with Gasteiger partial charge in [-0.3, -0.25) is 0 Å². The molecular formula is C28H22O2S. The first-order chi connectivity index (χ1) is 14.9. The lowest BCUT2D eigenvalue weighted by Gasteiger charge is -2.15. The van der Waals surface area contributed by atoms with E-state index in [-0.39, 0.29) is 0 Å². The molecule has 0 radical (unpaired) electrons. The SMILES string of the molecule is Cc1cc2cc3ccccc3cc2c(-c2ccc(S(=O)(=O)c3ccccc3)cc2)c1C. The zero-order valence-electron chi connectivity index (χ0n) is 17.5. The largest absolute Gasteiger partial charge is 0.219 e. The summed E-state index contributed by atoms with van der Waals surface area (Å²) < 4.78 is 25.9. The van der Waals surface area contributed by atoms with E-state index in [1.807, 2.05) is 18.2 Å². The molecule has 0 amide bonds. The minimum absolute atomic E-state index is 0.308. The smallest absolute Gasteiger partial charge is 0.206 e. The Balaban J connectivity index is 1.69. The summed E-state index contributed by atoms with van der Waals surface area (Å²) in [5, 5.41) is 4.79. The van der Waals surface area contributed by atoms with Gasteiger partial charge >= 0.3 is 0 Å². The van der Waals surface area contributed by atoms with E-state index in [1.54, 1.807) is 36.4 Å². The molecule has 0 bridgehead atoms. The Bertz CT molecular complexity index is 1530. The standard InChI is InChI=1S/C28H22O2S/c1-19-16-24-17-22-8-6-7-9-23(22)18-27(24)28(20(19)2)21-12-14-26(15-13-21)31(29,30)25-10-4-3-5-11-25/h3-18H,1-2H3. The van der Waals surface area contributed by atoms with Crippen molar-refractivity contribution < 1.29 is 8.42 Å². The van der Waals surface area contributed by atoms with Gasteiger partial charge in [-0.2, -0.15) is 0 Å². The Kier molecular flexibility index (Phi) is 4.64. The second-order valence-electron chi connectivity index (χ2n) is 7.95. The Morgan fingerprint density at radius 1 is 0.581 bits per heavy atom. The fraction of sp³-hybridized carbons (Fsp3) is 0.0714. The van der Waals surface area contributed by atoms with Crippen LogP contribution in [-0.4, -0.2) is 8.42 Å². The van der Waals surface area contributed by atoms with Gasteiger partial charge in [-0.15, -0.1) is 0 Å². The second kappa shape index (κ2) is 7.36. The molecule has 0 saturated heterocycles. The number of sulfone groups is 1. The number of fused-ring (bicyclic) bond motifs is 2. The molecule has 5 aromatic rings. The highest BCUT2D eigenvalue weighted by Crippen LogP contribution is 2.37. The van der Waals surface area contributed by atoms with Crippen molar-refractivity contribution in [1.29, 1.82) is 0 Å². The third kappa shape index (κ3) is 3.31. The summed E-state index contributed by atoms with van der Waals surface area (Å²) in [5.74, 6) is 0. The van der Waals surface area contributed by atoms with E-state index in [2.05, 4.69) is 56.3 Å². The molecule has 0 N–H and O–H groups in total.